The van der Waals surface area contributed by atoms with Gasteiger partial charge in [-0.2, -0.15) is 26.3 Å². The van der Waals surface area contributed by atoms with Gasteiger partial charge < -0.3 is 5.32 Å². The first-order valence-corrected chi connectivity index (χ1v) is 8.48. The van der Waals surface area contributed by atoms with Crippen LogP contribution < -0.4 is 5.32 Å². The molecule has 0 aliphatic carbocycles. The molecule has 0 unspecified atom stereocenters. The van der Waals surface area contributed by atoms with Crippen molar-refractivity contribution in [3.05, 3.63) is 83.3 Å². The summed E-state index contributed by atoms with van der Waals surface area (Å²) < 4.78 is 77.6. The van der Waals surface area contributed by atoms with Gasteiger partial charge in [0.1, 0.15) is 6.33 Å². The number of nitrogens with zero attached hydrogens (tertiary/aromatic N) is 2. The van der Waals surface area contributed by atoms with E-state index in [2.05, 4.69) is 15.3 Å². The van der Waals surface area contributed by atoms with Crippen LogP contribution in [0.5, 0.6) is 0 Å². The van der Waals surface area contributed by atoms with E-state index in [0.29, 0.717) is 23.5 Å². The number of benzene rings is 2. The highest BCUT2D eigenvalue weighted by Crippen LogP contribution is 2.36. The quantitative estimate of drug-likeness (QED) is 0.591. The van der Waals surface area contributed by atoms with Crippen molar-refractivity contribution in [3.8, 4) is 11.3 Å². The maximum atomic E-state index is 12.9. The molecule has 0 fully saturated rings. The fourth-order valence-electron chi connectivity index (χ4n) is 2.62. The second-order valence-electron chi connectivity index (χ2n) is 6.24. The summed E-state index contributed by atoms with van der Waals surface area (Å²) in [7, 11) is 0. The first-order chi connectivity index (χ1) is 14.0. The van der Waals surface area contributed by atoms with Crippen LogP contribution in [0, 0.1) is 0 Å². The number of carbonyl (C=O) groups excluding carboxylic acids is 1. The highest BCUT2D eigenvalue weighted by Gasteiger charge is 2.37. The van der Waals surface area contributed by atoms with Crippen LogP contribution in [0.3, 0.4) is 0 Å². The Bertz CT molecular complexity index is 1020. The number of nitrogens with one attached hydrogen (secondary N) is 1. The second-order valence-corrected chi connectivity index (χ2v) is 6.24. The Morgan fingerprint density at radius 1 is 0.833 bits per heavy atom. The van der Waals surface area contributed by atoms with Crippen LogP contribution in [0.2, 0.25) is 0 Å². The van der Waals surface area contributed by atoms with Crippen molar-refractivity contribution in [2.75, 3.05) is 0 Å². The molecule has 3 aromatic rings. The topological polar surface area (TPSA) is 54.9 Å². The maximum absolute atomic E-state index is 12.9. The molecule has 1 N–H and O–H groups in total. The van der Waals surface area contributed by atoms with Gasteiger partial charge in [0.2, 0.25) is 0 Å². The molecule has 0 saturated heterocycles. The molecule has 1 amide bonds. The molecule has 4 nitrogen and oxygen atoms in total. The van der Waals surface area contributed by atoms with E-state index in [0.717, 1.165) is 5.56 Å². The summed E-state index contributed by atoms with van der Waals surface area (Å²) in [5.74, 6) is -1.09. The van der Waals surface area contributed by atoms with Crippen molar-refractivity contribution in [1.29, 1.82) is 0 Å². The highest BCUT2D eigenvalue weighted by atomic mass is 19.4. The summed E-state index contributed by atoms with van der Waals surface area (Å²) in [5.41, 5.74) is -2.21. The van der Waals surface area contributed by atoms with E-state index in [1.165, 1.54) is 6.33 Å². The lowest BCUT2D eigenvalue weighted by atomic mass is 10.0. The number of alkyl halides is 6. The summed E-state index contributed by atoms with van der Waals surface area (Å²) in [6.07, 6.45) is -8.82. The third kappa shape index (κ3) is 5.13. The van der Waals surface area contributed by atoms with Gasteiger partial charge >= 0.3 is 12.4 Å². The molecule has 0 saturated carbocycles. The third-order valence-electron chi connectivity index (χ3n) is 4.07. The molecule has 3 rings (SSSR count). The molecule has 1 heterocycles. The zero-order valence-corrected chi connectivity index (χ0v) is 15.1. The Hall–Kier alpha value is -3.43. The Balaban J connectivity index is 1.81. The molecule has 0 radical (unpaired) electrons. The van der Waals surface area contributed by atoms with E-state index in [-0.39, 0.29) is 12.6 Å². The zero-order valence-electron chi connectivity index (χ0n) is 15.1. The molecule has 30 heavy (non-hydrogen) atoms. The van der Waals surface area contributed by atoms with Crippen molar-refractivity contribution in [1.82, 2.24) is 15.3 Å². The SMILES string of the molecule is O=C(NCc1cc(-c2ccccc2)ncn1)c1cc(C(F)(F)F)cc(C(F)(F)F)c1. The number of hydrogen-bond donors (Lipinski definition) is 1. The fraction of sp³-hybridized carbons (Fsp3) is 0.150. The molecule has 0 aliphatic heterocycles. The minimum Gasteiger partial charge on any atom is -0.346 e. The average Bonchev–Trinajstić information content (AvgIpc) is 2.71. The standard InChI is InChI=1S/C20H13F6N3O/c21-19(22,23)14-6-13(7-15(8-14)20(24,25)26)18(30)27-10-16-9-17(29-11-28-16)12-4-2-1-3-5-12/h1-9,11H,10H2,(H,27,30). The van der Waals surface area contributed by atoms with Gasteiger partial charge in [0, 0.05) is 11.1 Å². The predicted molar refractivity (Wildman–Crippen MR) is 95.1 cm³/mol. The number of carbonyl (C=O) groups is 1. The molecular formula is C20H13F6N3O. The number of amides is 1. The van der Waals surface area contributed by atoms with Crippen LogP contribution in [0.25, 0.3) is 11.3 Å². The number of halogens is 6. The maximum Gasteiger partial charge on any atom is 0.416 e. The molecule has 10 heteroatoms. The van der Waals surface area contributed by atoms with Crippen LogP contribution >= 0.6 is 0 Å². The van der Waals surface area contributed by atoms with E-state index in [1.54, 1.807) is 30.3 Å². The number of hydrogen-bond acceptors (Lipinski definition) is 3. The first kappa shape index (κ1) is 21.3. The van der Waals surface area contributed by atoms with Crippen LogP contribution in [0.1, 0.15) is 27.2 Å². The zero-order chi connectivity index (χ0) is 21.9. The van der Waals surface area contributed by atoms with Gasteiger partial charge in [0.25, 0.3) is 5.91 Å². The summed E-state index contributed by atoms with van der Waals surface area (Å²) in [6, 6.07) is 11.3. The smallest absolute Gasteiger partial charge is 0.346 e. The molecule has 156 valence electrons. The largest absolute Gasteiger partial charge is 0.416 e. The Morgan fingerprint density at radius 3 is 2.00 bits per heavy atom. The molecule has 0 bridgehead atoms. The highest BCUT2D eigenvalue weighted by molar-refractivity contribution is 5.94. The number of aromatic nitrogens is 2. The van der Waals surface area contributed by atoms with Crippen molar-refractivity contribution >= 4 is 5.91 Å². The minimum atomic E-state index is -5.03. The van der Waals surface area contributed by atoms with Gasteiger partial charge in [-0.3, -0.25) is 4.79 Å². The normalized spacial score (nSPS) is 11.9. The van der Waals surface area contributed by atoms with Crippen molar-refractivity contribution in [3.63, 3.8) is 0 Å². The molecule has 1 aromatic heterocycles. The second kappa shape index (κ2) is 8.13. The van der Waals surface area contributed by atoms with Crippen molar-refractivity contribution in [2.45, 2.75) is 18.9 Å². The van der Waals surface area contributed by atoms with Crippen LogP contribution in [0.4, 0.5) is 26.3 Å². The van der Waals surface area contributed by atoms with E-state index in [1.807, 2.05) is 6.07 Å². The lowest BCUT2D eigenvalue weighted by Gasteiger charge is -2.14. The molecule has 0 spiro atoms. The van der Waals surface area contributed by atoms with E-state index >= 15 is 0 Å². The van der Waals surface area contributed by atoms with Crippen LogP contribution in [-0.2, 0) is 18.9 Å². The summed E-state index contributed by atoms with van der Waals surface area (Å²) >= 11 is 0. The third-order valence-corrected chi connectivity index (χ3v) is 4.07. The average molecular weight is 425 g/mol. The van der Waals surface area contributed by atoms with Crippen molar-refractivity contribution < 1.29 is 31.1 Å². The minimum absolute atomic E-state index is 0.0344. The summed E-state index contributed by atoms with van der Waals surface area (Å²) in [6.45, 7) is -0.210. The summed E-state index contributed by atoms with van der Waals surface area (Å²) in [5, 5.41) is 2.29. The van der Waals surface area contributed by atoms with E-state index in [9.17, 15) is 31.1 Å². The van der Waals surface area contributed by atoms with Gasteiger partial charge in [0.15, 0.2) is 0 Å². The Morgan fingerprint density at radius 2 is 1.43 bits per heavy atom. The van der Waals surface area contributed by atoms with Crippen LogP contribution in [-0.4, -0.2) is 15.9 Å². The van der Waals surface area contributed by atoms with Crippen molar-refractivity contribution in [2.24, 2.45) is 0 Å². The van der Waals surface area contributed by atoms with Gasteiger partial charge in [-0.15, -0.1) is 0 Å². The molecule has 0 aliphatic rings. The summed E-state index contributed by atoms with van der Waals surface area (Å²) in [4.78, 5) is 20.3. The van der Waals surface area contributed by atoms with E-state index < -0.39 is 35.0 Å². The lowest BCUT2D eigenvalue weighted by Crippen LogP contribution is -2.24. The monoisotopic (exact) mass is 425 g/mol. The predicted octanol–water partition coefficient (Wildman–Crippen LogP) is 5.11. The van der Waals surface area contributed by atoms with Gasteiger partial charge in [-0.1, -0.05) is 30.3 Å². The van der Waals surface area contributed by atoms with E-state index in [4.69, 9.17) is 0 Å². The van der Waals surface area contributed by atoms with Gasteiger partial charge in [-0.05, 0) is 24.3 Å². The molecule has 2 aromatic carbocycles. The fourth-order valence-corrected chi connectivity index (χ4v) is 2.62. The molecule has 0 atom stereocenters. The van der Waals surface area contributed by atoms with Crippen LogP contribution in [0.15, 0.2) is 60.9 Å². The molecular weight excluding hydrogens is 412 g/mol. The first-order valence-electron chi connectivity index (χ1n) is 8.48. The van der Waals surface area contributed by atoms with Gasteiger partial charge in [-0.25, -0.2) is 9.97 Å². The van der Waals surface area contributed by atoms with Gasteiger partial charge in [0.05, 0.1) is 29.1 Å². The lowest BCUT2D eigenvalue weighted by molar-refractivity contribution is -0.143. The Kier molecular flexibility index (Phi) is 5.77. The number of rotatable bonds is 4. The Labute approximate surface area is 166 Å².